The molecule has 0 N–H and O–H groups in total. The number of unbranched alkanes of at least 4 members (excludes halogenated alkanes) is 1. The quantitative estimate of drug-likeness (QED) is 0.430. The Balaban J connectivity index is 3.05. The average molecular weight is 145 g/mol. The molecule has 0 bridgehead atoms. The second-order valence-corrected chi connectivity index (χ2v) is 2.03. The van der Waals surface area contributed by atoms with Gasteiger partial charge in [-0.15, -0.1) is 0 Å². The lowest BCUT2D eigenvalue weighted by Crippen LogP contribution is -2.06. The smallest absolute Gasteiger partial charge is 0.308 e. The maximum Gasteiger partial charge on any atom is 0.308 e. The van der Waals surface area contributed by atoms with Crippen LogP contribution in [0, 0.1) is 0 Å². The number of hydrogen-bond donors (Lipinski definition) is 0. The highest BCUT2D eigenvalue weighted by molar-refractivity contribution is 5.69. The van der Waals surface area contributed by atoms with Crippen LogP contribution in [0.5, 0.6) is 0 Å². The Hall–Kier alpha value is -0.570. The van der Waals surface area contributed by atoms with Crippen molar-refractivity contribution in [3.05, 3.63) is 0 Å². The molecule has 0 aromatic heterocycles. The fraction of sp³-hybridized carbons (Fsp3) is 0.857. The molecule has 0 atom stereocenters. The lowest BCUT2D eigenvalue weighted by Gasteiger charge is -2.00. The van der Waals surface area contributed by atoms with Gasteiger partial charge in [-0.25, -0.2) is 5.11 Å². The van der Waals surface area contributed by atoms with Gasteiger partial charge in [-0.1, -0.05) is 13.3 Å². The Kier molecular flexibility index (Phi) is 6.18. The Morgan fingerprint density at radius 1 is 1.50 bits per heavy atom. The Morgan fingerprint density at radius 2 is 2.20 bits per heavy atom. The highest BCUT2D eigenvalue weighted by Gasteiger charge is 1.99. The van der Waals surface area contributed by atoms with Gasteiger partial charge in [0.15, 0.2) is 0 Å². The predicted octanol–water partition coefficient (Wildman–Crippen LogP) is 1.15. The zero-order valence-electron chi connectivity index (χ0n) is 6.26. The third kappa shape index (κ3) is 5.56. The summed E-state index contributed by atoms with van der Waals surface area (Å²) in [6.07, 6.45) is 1.89. The van der Waals surface area contributed by atoms with Gasteiger partial charge in [0, 0.05) is 0 Å². The molecule has 0 aliphatic rings. The van der Waals surface area contributed by atoms with E-state index in [0.717, 1.165) is 12.8 Å². The van der Waals surface area contributed by atoms with E-state index in [1.807, 2.05) is 6.92 Å². The second kappa shape index (κ2) is 6.55. The van der Waals surface area contributed by atoms with Crippen LogP contribution in [0.25, 0.3) is 0 Å². The molecule has 3 heteroatoms. The first-order valence-electron chi connectivity index (χ1n) is 3.55. The number of carbonyl (C=O) groups is 1. The van der Waals surface area contributed by atoms with Crippen LogP contribution in [0.4, 0.5) is 0 Å². The molecule has 10 heavy (non-hydrogen) atoms. The van der Waals surface area contributed by atoms with Gasteiger partial charge in [0.25, 0.3) is 0 Å². The number of esters is 1. The fourth-order valence-electron chi connectivity index (χ4n) is 0.486. The molecule has 3 nitrogen and oxygen atoms in total. The number of ether oxygens (including phenoxy) is 1. The largest absolute Gasteiger partial charge is 0.466 e. The van der Waals surface area contributed by atoms with Crippen molar-refractivity contribution >= 4 is 5.97 Å². The first kappa shape index (κ1) is 9.43. The van der Waals surface area contributed by atoms with Crippen LogP contribution in [-0.2, 0) is 14.6 Å². The first-order valence-corrected chi connectivity index (χ1v) is 3.55. The molecule has 0 aromatic rings. The zero-order valence-corrected chi connectivity index (χ0v) is 6.26. The molecule has 0 rings (SSSR count). The minimum Gasteiger partial charge on any atom is -0.466 e. The molecule has 1 radical (unpaired) electrons. The Labute approximate surface area is 61.0 Å². The molecule has 0 unspecified atom stereocenters. The summed E-state index contributed by atoms with van der Waals surface area (Å²) in [5, 5.41) is 9.87. The van der Waals surface area contributed by atoms with Crippen molar-refractivity contribution in [2.45, 2.75) is 26.2 Å². The van der Waals surface area contributed by atoms with Crippen molar-refractivity contribution in [1.82, 2.24) is 0 Å². The average Bonchev–Trinajstić information content (AvgIpc) is 1.89. The van der Waals surface area contributed by atoms with Crippen molar-refractivity contribution in [3.63, 3.8) is 0 Å². The van der Waals surface area contributed by atoms with E-state index in [4.69, 9.17) is 0 Å². The number of carbonyl (C=O) groups excluding carboxylic acids is 1. The van der Waals surface area contributed by atoms with Crippen molar-refractivity contribution < 1.29 is 14.6 Å². The normalized spacial score (nSPS) is 9.40. The monoisotopic (exact) mass is 145 g/mol. The third-order valence-corrected chi connectivity index (χ3v) is 1.07. The van der Waals surface area contributed by atoms with Crippen LogP contribution >= 0.6 is 0 Å². The van der Waals surface area contributed by atoms with Gasteiger partial charge in [-0.2, -0.15) is 0 Å². The molecule has 0 aliphatic heterocycles. The summed E-state index contributed by atoms with van der Waals surface area (Å²) in [7, 11) is 0. The van der Waals surface area contributed by atoms with Crippen LogP contribution in [-0.4, -0.2) is 19.2 Å². The summed E-state index contributed by atoms with van der Waals surface area (Å²) in [5.41, 5.74) is 0. The second-order valence-electron chi connectivity index (χ2n) is 2.03. The van der Waals surface area contributed by atoms with Crippen LogP contribution in [0.3, 0.4) is 0 Å². The predicted molar refractivity (Wildman–Crippen MR) is 36.0 cm³/mol. The number of hydrogen-bond acceptors (Lipinski definition) is 2. The van der Waals surface area contributed by atoms with Gasteiger partial charge in [0.05, 0.1) is 19.6 Å². The van der Waals surface area contributed by atoms with Crippen LogP contribution in [0.2, 0.25) is 0 Å². The SMILES string of the molecule is CCCCOC(=O)CC[O]. The summed E-state index contributed by atoms with van der Waals surface area (Å²) in [6, 6.07) is 0. The van der Waals surface area contributed by atoms with E-state index in [0.29, 0.717) is 6.61 Å². The molecule has 0 aliphatic carbocycles. The third-order valence-electron chi connectivity index (χ3n) is 1.07. The maximum atomic E-state index is 10.5. The van der Waals surface area contributed by atoms with Gasteiger partial charge < -0.3 is 4.74 Å². The van der Waals surface area contributed by atoms with Gasteiger partial charge in [-0.3, -0.25) is 4.79 Å². The van der Waals surface area contributed by atoms with Crippen molar-refractivity contribution in [2.75, 3.05) is 13.2 Å². The summed E-state index contributed by atoms with van der Waals surface area (Å²) in [5.74, 6) is -0.372. The summed E-state index contributed by atoms with van der Waals surface area (Å²) in [6.45, 7) is 2.10. The van der Waals surface area contributed by atoms with Crippen LogP contribution in [0.15, 0.2) is 0 Å². The van der Waals surface area contributed by atoms with E-state index in [1.54, 1.807) is 0 Å². The first-order chi connectivity index (χ1) is 4.81. The molecule has 0 amide bonds. The van der Waals surface area contributed by atoms with E-state index >= 15 is 0 Å². The van der Waals surface area contributed by atoms with Crippen molar-refractivity contribution in [1.29, 1.82) is 0 Å². The van der Waals surface area contributed by atoms with Crippen LogP contribution in [0.1, 0.15) is 26.2 Å². The molecule has 0 saturated heterocycles. The molecule has 0 spiro atoms. The fourth-order valence-corrected chi connectivity index (χ4v) is 0.486. The summed E-state index contributed by atoms with van der Waals surface area (Å²) < 4.78 is 4.68. The molecular weight excluding hydrogens is 132 g/mol. The van der Waals surface area contributed by atoms with E-state index in [-0.39, 0.29) is 19.0 Å². The minimum absolute atomic E-state index is 0.00368. The molecule has 59 valence electrons. The van der Waals surface area contributed by atoms with E-state index in [2.05, 4.69) is 4.74 Å². The molecule has 0 fully saturated rings. The molecular formula is C7H13O3. The van der Waals surface area contributed by atoms with Gasteiger partial charge >= 0.3 is 5.97 Å². The van der Waals surface area contributed by atoms with E-state index in [1.165, 1.54) is 0 Å². The minimum atomic E-state index is -0.372. The van der Waals surface area contributed by atoms with Gasteiger partial charge in [0.1, 0.15) is 0 Å². The Morgan fingerprint density at radius 3 is 2.70 bits per heavy atom. The summed E-state index contributed by atoms with van der Waals surface area (Å²) in [4.78, 5) is 10.5. The standard InChI is InChI=1S/C7H13O3/c1-2-3-6-10-7(9)4-5-8/h2-6H2,1H3. The Bertz CT molecular complexity index is 90.9. The molecule has 0 saturated carbocycles. The number of rotatable bonds is 5. The van der Waals surface area contributed by atoms with Crippen molar-refractivity contribution in [2.24, 2.45) is 0 Å². The maximum absolute atomic E-state index is 10.5. The van der Waals surface area contributed by atoms with Gasteiger partial charge in [-0.05, 0) is 6.42 Å². The van der Waals surface area contributed by atoms with Gasteiger partial charge in [0.2, 0.25) is 0 Å². The molecule has 0 heterocycles. The summed E-state index contributed by atoms with van der Waals surface area (Å²) >= 11 is 0. The lowest BCUT2D eigenvalue weighted by molar-refractivity contribution is -0.144. The van der Waals surface area contributed by atoms with E-state index < -0.39 is 0 Å². The highest BCUT2D eigenvalue weighted by atomic mass is 16.5. The van der Waals surface area contributed by atoms with Crippen molar-refractivity contribution in [3.8, 4) is 0 Å². The highest BCUT2D eigenvalue weighted by Crippen LogP contribution is 1.90. The zero-order chi connectivity index (χ0) is 7.82. The van der Waals surface area contributed by atoms with E-state index in [9.17, 15) is 9.90 Å². The van der Waals surface area contributed by atoms with Crippen LogP contribution < -0.4 is 0 Å². The lowest BCUT2D eigenvalue weighted by atomic mass is 10.4. The molecule has 0 aromatic carbocycles. The topological polar surface area (TPSA) is 46.2 Å².